The Bertz CT molecular complexity index is 1010. The molecule has 2 aromatic heterocycles. The molecule has 1 aliphatic rings. The molecule has 1 aromatic carbocycles. The molecule has 0 aliphatic carbocycles. The molecule has 0 spiro atoms. The lowest BCUT2D eigenvalue weighted by molar-refractivity contribution is -0.133. The second-order valence-electron chi connectivity index (χ2n) is 6.74. The van der Waals surface area contributed by atoms with E-state index in [0.29, 0.717) is 36.5 Å². The van der Waals surface area contributed by atoms with E-state index in [-0.39, 0.29) is 24.0 Å². The van der Waals surface area contributed by atoms with Crippen LogP contribution in [0.1, 0.15) is 19.3 Å². The van der Waals surface area contributed by atoms with Crippen LogP contribution < -0.4 is 10.3 Å². The highest BCUT2D eigenvalue weighted by molar-refractivity contribution is 5.77. The van der Waals surface area contributed by atoms with Gasteiger partial charge >= 0.3 is 6.01 Å². The molecular formula is C20H21N5O3. The molecule has 28 heavy (non-hydrogen) atoms. The largest absolute Gasteiger partial charge is 0.460 e. The van der Waals surface area contributed by atoms with Gasteiger partial charge in [-0.3, -0.25) is 14.2 Å². The summed E-state index contributed by atoms with van der Waals surface area (Å²) < 4.78 is 7.26. The van der Waals surface area contributed by atoms with Gasteiger partial charge in [-0.25, -0.2) is 15.0 Å². The maximum absolute atomic E-state index is 12.5. The topological polar surface area (TPSA) is 90.2 Å². The minimum absolute atomic E-state index is 0.0127. The lowest BCUT2D eigenvalue weighted by atomic mass is 10.1. The third kappa shape index (κ3) is 4.00. The molecule has 144 valence electrons. The summed E-state index contributed by atoms with van der Waals surface area (Å²) in [6, 6.07) is 9.33. The van der Waals surface area contributed by atoms with E-state index in [1.54, 1.807) is 30.6 Å². The van der Waals surface area contributed by atoms with E-state index >= 15 is 0 Å². The zero-order valence-corrected chi connectivity index (χ0v) is 15.4. The molecule has 0 atom stereocenters. The predicted octanol–water partition coefficient (Wildman–Crippen LogP) is 1.65. The Morgan fingerprint density at radius 2 is 1.82 bits per heavy atom. The van der Waals surface area contributed by atoms with Gasteiger partial charge in [-0.1, -0.05) is 12.1 Å². The van der Waals surface area contributed by atoms with Gasteiger partial charge in [-0.15, -0.1) is 0 Å². The Balaban J connectivity index is 1.30. The summed E-state index contributed by atoms with van der Waals surface area (Å²) in [4.78, 5) is 39.3. The number of carbonyl (C=O) groups is 1. The summed E-state index contributed by atoms with van der Waals surface area (Å²) in [5.41, 5.74) is 0.549. The van der Waals surface area contributed by atoms with Crippen molar-refractivity contribution >= 4 is 16.8 Å². The van der Waals surface area contributed by atoms with Crippen molar-refractivity contribution < 1.29 is 9.53 Å². The van der Waals surface area contributed by atoms with E-state index < -0.39 is 0 Å². The van der Waals surface area contributed by atoms with Crippen LogP contribution in [0, 0.1) is 0 Å². The molecule has 0 radical (unpaired) electrons. The van der Waals surface area contributed by atoms with E-state index in [0.717, 1.165) is 12.8 Å². The standard InChI is InChI=1S/C20H21N5O3/c26-18(8-13-25-14-23-17-5-2-1-4-16(17)19(25)27)24-11-6-15(7-12-24)28-20-21-9-3-10-22-20/h1-5,9-10,14-15H,6-8,11-13H2. The molecule has 3 aromatic rings. The predicted molar refractivity (Wildman–Crippen MR) is 103 cm³/mol. The Hall–Kier alpha value is -3.29. The minimum atomic E-state index is -0.117. The van der Waals surface area contributed by atoms with E-state index in [2.05, 4.69) is 15.0 Å². The third-order valence-corrected chi connectivity index (χ3v) is 4.91. The first-order chi connectivity index (χ1) is 13.7. The van der Waals surface area contributed by atoms with Gasteiger partial charge < -0.3 is 9.64 Å². The fourth-order valence-electron chi connectivity index (χ4n) is 3.36. The van der Waals surface area contributed by atoms with Crippen LogP contribution in [0.5, 0.6) is 6.01 Å². The summed E-state index contributed by atoms with van der Waals surface area (Å²) in [5, 5.41) is 0.568. The van der Waals surface area contributed by atoms with Gasteiger partial charge in [0.1, 0.15) is 6.10 Å². The number of benzene rings is 1. The molecule has 3 heterocycles. The first-order valence-corrected chi connectivity index (χ1v) is 9.36. The van der Waals surface area contributed by atoms with Crippen molar-refractivity contribution in [2.45, 2.75) is 31.9 Å². The molecular weight excluding hydrogens is 358 g/mol. The van der Waals surface area contributed by atoms with Gasteiger partial charge in [0.05, 0.1) is 17.2 Å². The molecule has 8 heteroatoms. The van der Waals surface area contributed by atoms with Crippen LogP contribution in [0.15, 0.2) is 53.8 Å². The number of hydrogen-bond donors (Lipinski definition) is 0. The van der Waals surface area contributed by atoms with Gasteiger partial charge in [0.15, 0.2) is 0 Å². The number of aromatic nitrogens is 4. The lowest BCUT2D eigenvalue weighted by Gasteiger charge is -2.31. The lowest BCUT2D eigenvalue weighted by Crippen LogP contribution is -2.42. The number of ether oxygens (including phenoxy) is 1. The molecule has 0 unspecified atom stereocenters. The average molecular weight is 379 g/mol. The summed E-state index contributed by atoms with van der Waals surface area (Å²) in [6.45, 7) is 1.58. The quantitative estimate of drug-likeness (QED) is 0.670. The number of aryl methyl sites for hydroxylation is 1. The third-order valence-electron chi connectivity index (χ3n) is 4.91. The number of hydrogen-bond acceptors (Lipinski definition) is 6. The van der Waals surface area contributed by atoms with Crippen LogP contribution in [0.3, 0.4) is 0 Å². The molecule has 0 N–H and O–H groups in total. The Kier molecular flexibility index (Phi) is 5.27. The number of amides is 1. The second kappa shape index (κ2) is 8.16. The smallest absolute Gasteiger partial charge is 0.316 e. The molecule has 1 amide bonds. The van der Waals surface area contributed by atoms with Crippen LogP contribution in [0.2, 0.25) is 0 Å². The SMILES string of the molecule is O=C(CCn1cnc2ccccc2c1=O)N1CCC(Oc2ncccn2)CC1. The zero-order chi connectivity index (χ0) is 19.3. The molecule has 0 saturated carbocycles. The number of fused-ring (bicyclic) bond motifs is 1. The number of nitrogens with zero attached hydrogens (tertiary/aromatic N) is 5. The van der Waals surface area contributed by atoms with Crippen molar-refractivity contribution in [2.24, 2.45) is 0 Å². The van der Waals surface area contributed by atoms with Crippen LogP contribution in [0.25, 0.3) is 10.9 Å². The van der Waals surface area contributed by atoms with Crippen molar-refractivity contribution in [3.05, 3.63) is 59.4 Å². The van der Waals surface area contributed by atoms with Crippen LogP contribution in [-0.4, -0.2) is 49.5 Å². The molecule has 4 rings (SSSR count). The Morgan fingerprint density at radius 1 is 1.07 bits per heavy atom. The Morgan fingerprint density at radius 3 is 2.61 bits per heavy atom. The van der Waals surface area contributed by atoms with E-state index in [1.807, 2.05) is 17.0 Å². The normalized spacial score (nSPS) is 14.9. The van der Waals surface area contributed by atoms with E-state index in [4.69, 9.17) is 4.74 Å². The molecule has 8 nitrogen and oxygen atoms in total. The fourth-order valence-corrected chi connectivity index (χ4v) is 3.36. The molecule has 1 fully saturated rings. The minimum Gasteiger partial charge on any atom is -0.460 e. The van der Waals surface area contributed by atoms with Crippen LogP contribution >= 0.6 is 0 Å². The second-order valence-corrected chi connectivity index (χ2v) is 6.74. The Labute approximate surface area is 161 Å². The van der Waals surface area contributed by atoms with Crippen molar-refractivity contribution in [1.29, 1.82) is 0 Å². The van der Waals surface area contributed by atoms with E-state index in [9.17, 15) is 9.59 Å². The highest BCUT2D eigenvalue weighted by atomic mass is 16.5. The molecule has 0 bridgehead atoms. The molecule has 1 saturated heterocycles. The summed E-state index contributed by atoms with van der Waals surface area (Å²) in [5.74, 6) is 0.0365. The van der Waals surface area contributed by atoms with Gasteiger partial charge in [0, 0.05) is 51.3 Å². The average Bonchev–Trinajstić information content (AvgIpc) is 2.74. The van der Waals surface area contributed by atoms with Crippen molar-refractivity contribution in [3.8, 4) is 6.01 Å². The number of rotatable bonds is 5. The first kappa shape index (κ1) is 18.1. The fraction of sp³-hybridized carbons (Fsp3) is 0.350. The maximum atomic E-state index is 12.5. The zero-order valence-electron chi connectivity index (χ0n) is 15.4. The number of para-hydroxylation sites is 1. The summed E-state index contributed by atoms with van der Waals surface area (Å²) in [7, 11) is 0. The molecule has 1 aliphatic heterocycles. The maximum Gasteiger partial charge on any atom is 0.316 e. The van der Waals surface area contributed by atoms with Gasteiger partial charge in [-0.05, 0) is 18.2 Å². The number of likely N-dealkylation sites (tertiary alicyclic amines) is 1. The number of piperidine rings is 1. The van der Waals surface area contributed by atoms with Gasteiger partial charge in [-0.2, -0.15) is 0 Å². The monoisotopic (exact) mass is 379 g/mol. The van der Waals surface area contributed by atoms with Gasteiger partial charge in [0.2, 0.25) is 5.91 Å². The van der Waals surface area contributed by atoms with Gasteiger partial charge in [0.25, 0.3) is 5.56 Å². The highest BCUT2D eigenvalue weighted by Gasteiger charge is 2.24. The summed E-state index contributed by atoms with van der Waals surface area (Å²) >= 11 is 0. The van der Waals surface area contributed by atoms with Crippen molar-refractivity contribution in [3.63, 3.8) is 0 Å². The van der Waals surface area contributed by atoms with Crippen molar-refractivity contribution in [1.82, 2.24) is 24.4 Å². The highest BCUT2D eigenvalue weighted by Crippen LogP contribution is 2.16. The van der Waals surface area contributed by atoms with Crippen LogP contribution in [-0.2, 0) is 11.3 Å². The van der Waals surface area contributed by atoms with Crippen LogP contribution in [0.4, 0.5) is 0 Å². The first-order valence-electron chi connectivity index (χ1n) is 9.36. The van der Waals surface area contributed by atoms with E-state index in [1.165, 1.54) is 10.9 Å². The summed E-state index contributed by atoms with van der Waals surface area (Å²) in [6.07, 6.45) is 6.56. The number of carbonyl (C=O) groups excluding carboxylic acids is 1. The van der Waals surface area contributed by atoms with Crippen molar-refractivity contribution in [2.75, 3.05) is 13.1 Å².